The van der Waals surface area contributed by atoms with Crippen molar-refractivity contribution in [2.75, 3.05) is 0 Å². The van der Waals surface area contributed by atoms with Crippen molar-refractivity contribution in [1.82, 2.24) is 19.9 Å². The number of Topliss-reactive ketones (excluding diaryl/α,β-unsaturated/α-hetero) is 1. The summed E-state index contributed by atoms with van der Waals surface area (Å²) < 4.78 is 1.67. The number of nitrogens with one attached hydrogen (secondary N) is 1. The van der Waals surface area contributed by atoms with Gasteiger partial charge in [-0.25, -0.2) is 4.98 Å². The molecule has 3 rings (SSSR count). The molecule has 1 unspecified atom stereocenters. The van der Waals surface area contributed by atoms with Crippen LogP contribution in [-0.4, -0.2) is 38.2 Å². The molecular formula is C20H19N5O3. The maximum atomic E-state index is 12.9. The van der Waals surface area contributed by atoms with Crippen molar-refractivity contribution in [2.45, 2.75) is 19.4 Å². The standard InChI is InChI=1S/C20H19N5O3/c1-13-23-12-17(25(13)15-7-3-2-4-8-15)20(28)24-16(18(26)19(21)27)10-14-6-5-9-22-11-14/h2-9,11-12,16H,10H2,1H3,(H2,21,27)(H,24,28). The number of carbonyl (C=O) groups is 3. The molecule has 0 saturated carbocycles. The number of rotatable bonds is 7. The first-order valence-corrected chi connectivity index (χ1v) is 8.60. The molecule has 0 aliphatic heterocycles. The number of amides is 2. The number of hydrogen-bond acceptors (Lipinski definition) is 5. The predicted octanol–water partition coefficient (Wildman–Crippen LogP) is 0.971. The third kappa shape index (κ3) is 4.12. The molecule has 28 heavy (non-hydrogen) atoms. The third-order valence-electron chi connectivity index (χ3n) is 4.21. The van der Waals surface area contributed by atoms with Crippen LogP contribution in [0.15, 0.2) is 61.1 Å². The van der Waals surface area contributed by atoms with Gasteiger partial charge in [0.25, 0.3) is 11.8 Å². The predicted molar refractivity (Wildman–Crippen MR) is 102 cm³/mol. The van der Waals surface area contributed by atoms with Gasteiger partial charge in [-0.2, -0.15) is 0 Å². The zero-order chi connectivity index (χ0) is 20.1. The Bertz CT molecular complexity index is 999. The summed E-state index contributed by atoms with van der Waals surface area (Å²) in [5.41, 5.74) is 6.85. The van der Waals surface area contributed by atoms with E-state index in [0.717, 1.165) is 5.69 Å². The second-order valence-electron chi connectivity index (χ2n) is 6.18. The molecule has 2 amide bonds. The fourth-order valence-corrected chi connectivity index (χ4v) is 2.88. The molecule has 8 nitrogen and oxygen atoms in total. The first-order valence-electron chi connectivity index (χ1n) is 8.60. The zero-order valence-corrected chi connectivity index (χ0v) is 15.2. The summed E-state index contributed by atoms with van der Waals surface area (Å²) in [7, 11) is 0. The van der Waals surface area contributed by atoms with Crippen molar-refractivity contribution >= 4 is 17.6 Å². The van der Waals surface area contributed by atoms with E-state index in [1.807, 2.05) is 30.3 Å². The first kappa shape index (κ1) is 19.0. The number of para-hydroxylation sites is 1. The van der Waals surface area contributed by atoms with E-state index in [4.69, 9.17) is 5.73 Å². The van der Waals surface area contributed by atoms with Crippen LogP contribution < -0.4 is 11.1 Å². The highest BCUT2D eigenvalue weighted by Gasteiger charge is 2.27. The topological polar surface area (TPSA) is 120 Å². The van der Waals surface area contributed by atoms with E-state index in [1.54, 1.807) is 36.0 Å². The highest BCUT2D eigenvalue weighted by Crippen LogP contribution is 2.15. The Kier molecular flexibility index (Phi) is 5.59. The van der Waals surface area contributed by atoms with E-state index in [9.17, 15) is 14.4 Å². The molecule has 0 spiro atoms. The minimum atomic E-state index is -1.11. The molecule has 0 bridgehead atoms. The molecule has 142 valence electrons. The molecule has 8 heteroatoms. The number of ketones is 1. The number of aryl methyl sites for hydroxylation is 1. The van der Waals surface area contributed by atoms with Crippen LogP contribution in [0, 0.1) is 6.92 Å². The molecule has 0 radical (unpaired) electrons. The van der Waals surface area contributed by atoms with Crippen molar-refractivity contribution in [2.24, 2.45) is 5.73 Å². The molecule has 3 aromatic rings. The van der Waals surface area contributed by atoms with E-state index in [0.29, 0.717) is 11.4 Å². The Hall–Kier alpha value is -3.81. The van der Waals surface area contributed by atoms with Crippen molar-refractivity contribution in [3.63, 3.8) is 0 Å². The monoisotopic (exact) mass is 377 g/mol. The van der Waals surface area contributed by atoms with Gasteiger partial charge < -0.3 is 11.1 Å². The van der Waals surface area contributed by atoms with E-state index in [1.165, 1.54) is 6.20 Å². The van der Waals surface area contributed by atoms with Crippen LogP contribution >= 0.6 is 0 Å². The number of imidazole rings is 1. The summed E-state index contributed by atoms with van der Waals surface area (Å²) in [6.07, 6.45) is 4.67. The maximum absolute atomic E-state index is 12.9. The summed E-state index contributed by atoms with van der Waals surface area (Å²) in [4.78, 5) is 44.7. The molecule has 1 atom stereocenters. The average molecular weight is 377 g/mol. The quantitative estimate of drug-likeness (QED) is 0.595. The first-order chi connectivity index (χ1) is 13.5. The molecular weight excluding hydrogens is 358 g/mol. The fourth-order valence-electron chi connectivity index (χ4n) is 2.88. The normalized spacial score (nSPS) is 11.6. The summed E-state index contributed by atoms with van der Waals surface area (Å²) in [5, 5.41) is 2.61. The Morgan fingerprint density at radius 1 is 1.11 bits per heavy atom. The maximum Gasteiger partial charge on any atom is 0.287 e. The van der Waals surface area contributed by atoms with Gasteiger partial charge in [-0.05, 0) is 30.7 Å². The van der Waals surface area contributed by atoms with E-state index in [2.05, 4.69) is 15.3 Å². The molecule has 0 aliphatic carbocycles. The number of hydrogen-bond donors (Lipinski definition) is 2. The van der Waals surface area contributed by atoms with Crippen LogP contribution in [0.25, 0.3) is 5.69 Å². The van der Waals surface area contributed by atoms with Gasteiger partial charge >= 0.3 is 0 Å². The lowest BCUT2D eigenvalue weighted by Gasteiger charge is -2.17. The summed E-state index contributed by atoms with van der Waals surface area (Å²) in [6, 6.07) is 11.6. The lowest BCUT2D eigenvalue weighted by molar-refractivity contribution is -0.137. The summed E-state index contributed by atoms with van der Waals surface area (Å²) in [5.74, 6) is -1.91. The SMILES string of the molecule is Cc1ncc(C(=O)NC(Cc2cccnc2)C(=O)C(N)=O)n1-c1ccccc1. The lowest BCUT2D eigenvalue weighted by Crippen LogP contribution is -2.47. The minimum Gasteiger partial charge on any atom is -0.363 e. The smallest absolute Gasteiger partial charge is 0.287 e. The molecule has 3 N–H and O–H groups in total. The van der Waals surface area contributed by atoms with Gasteiger partial charge in [-0.3, -0.25) is 23.9 Å². The van der Waals surface area contributed by atoms with Gasteiger partial charge in [0.05, 0.1) is 6.20 Å². The zero-order valence-electron chi connectivity index (χ0n) is 15.2. The highest BCUT2D eigenvalue weighted by atomic mass is 16.2. The number of nitrogens with two attached hydrogens (primary N) is 1. The molecule has 2 aromatic heterocycles. The van der Waals surface area contributed by atoms with Crippen molar-refractivity contribution in [3.8, 4) is 5.69 Å². The fraction of sp³-hybridized carbons (Fsp3) is 0.150. The van der Waals surface area contributed by atoms with Crippen molar-refractivity contribution in [1.29, 1.82) is 0 Å². The number of aromatic nitrogens is 3. The molecule has 0 aliphatic rings. The Labute approximate surface area is 161 Å². The third-order valence-corrected chi connectivity index (χ3v) is 4.21. The highest BCUT2D eigenvalue weighted by molar-refractivity contribution is 6.38. The Morgan fingerprint density at radius 3 is 2.50 bits per heavy atom. The lowest BCUT2D eigenvalue weighted by atomic mass is 10.0. The van der Waals surface area contributed by atoms with Gasteiger partial charge in [-0.1, -0.05) is 24.3 Å². The Balaban J connectivity index is 1.89. The van der Waals surface area contributed by atoms with Crippen LogP contribution in [0.4, 0.5) is 0 Å². The second kappa shape index (κ2) is 8.26. The van der Waals surface area contributed by atoms with Crippen LogP contribution in [0.2, 0.25) is 0 Å². The van der Waals surface area contributed by atoms with Gasteiger partial charge in [-0.15, -0.1) is 0 Å². The average Bonchev–Trinajstić information content (AvgIpc) is 3.09. The van der Waals surface area contributed by atoms with E-state index in [-0.39, 0.29) is 12.1 Å². The van der Waals surface area contributed by atoms with Crippen molar-refractivity contribution in [3.05, 3.63) is 78.1 Å². The van der Waals surface area contributed by atoms with Gasteiger partial charge in [0.15, 0.2) is 0 Å². The van der Waals surface area contributed by atoms with Crippen LogP contribution in [-0.2, 0) is 16.0 Å². The summed E-state index contributed by atoms with van der Waals surface area (Å²) >= 11 is 0. The number of carbonyl (C=O) groups excluding carboxylic acids is 3. The molecule has 1 aromatic carbocycles. The largest absolute Gasteiger partial charge is 0.363 e. The van der Waals surface area contributed by atoms with Crippen LogP contribution in [0.5, 0.6) is 0 Å². The number of primary amides is 1. The molecule has 2 heterocycles. The van der Waals surface area contributed by atoms with Gasteiger partial charge in [0, 0.05) is 24.5 Å². The van der Waals surface area contributed by atoms with Gasteiger partial charge in [0.2, 0.25) is 5.78 Å². The Morgan fingerprint density at radius 2 is 1.86 bits per heavy atom. The van der Waals surface area contributed by atoms with E-state index >= 15 is 0 Å². The van der Waals surface area contributed by atoms with Crippen LogP contribution in [0.3, 0.4) is 0 Å². The van der Waals surface area contributed by atoms with Crippen LogP contribution in [0.1, 0.15) is 21.9 Å². The number of benzene rings is 1. The minimum absolute atomic E-state index is 0.0970. The van der Waals surface area contributed by atoms with Gasteiger partial charge in [0.1, 0.15) is 17.6 Å². The number of pyridine rings is 1. The number of nitrogens with zero attached hydrogens (tertiary/aromatic N) is 3. The molecule has 0 fully saturated rings. The van der Waals surface area contributed by atoms with E-state index < -0.39 is 23.6 Å². The van der Waals surface area contributed by atoms with Crippen molar-refractivity contribution < 1.29 is 14.4 Å². The second-order valence-corrected chi connectivity index (χ2v) is 6.18. The summed E-state index contributed by atoms with van der Waals surface area (Å²) in [6.45, 7) is 1.77. The molecule has 0 saturated heterocycles.